The Bertz CT molecular complexity index is 827. The summed E-state index contributed by atoms with van der Waals surface area (Å²) in [4.78, 5) is 11.1. The minimum atomic E-state index is -0.971. The molecule has 2 heterocycles. The smallest absolute Gasteiger partial charge is 0.354 e. The van der Waals surface area contributed by atoms with Gasteiger partial charge in [0, 0.05) is 31.1 Å². The van der Waals surface area contributed by atoms with Crippen molar-refractivity contribution in [3.8, 4) is 11.4 Å². The molecule has 5 heteroatoms. The Morgan fingerprint density at radius 3 is 2.60 bits per heavy atom. The third-order valence-electron chi connectivity index (χ3n) is 3.67. The zero-order valence-electron chi connectivity index (χ0n) is 11.6. The Labute approximate surface area is 116 Å². The minimum absolute atomic E-state index is 0.182. The van der Waals surface area contributed by atoms with E-state index < -0.39 is 5.97 Å². The number of fused-ring (bicyclic) bond motifs is 1. The summed E-state index contributed by atoms with van der Waals surface area (Å²) in [6.07, 6.45) is 0. The normalized spacial score (nSPS) is 11.2. The molecule has 0 fully saturated rings. The van der Waals surface area contributed by atoms with Gasteiger partial charge in [0.1, 0.15) is 11.4 Å². The number of carbonyl (C=O) groups is 1. The lowest BCUT2D eigenvalue weighted by Gasteiger charge is -2.01. The largest absolute Gasteiger partial charge is 0.477 e. The highest BCUT2D eigenvalue weighted by Gasteiger charge is 2.16. The Balaban J connectivity index is 2.25. The average molecular weight is 269 g/mol. The minimum Gasteiger partial charge on any atom is -0.477 e. The predicted molar refractivity (Wildman–Crippen MR) is 76.8 cm³/mol. The first-order valence-electron chi connectivity index (χ1n) is 6.32. The van der Waals surface area contributed by atoms with Crippen LogP contribution in [-0.2, 0) is 14.1 Å². The lowest BCUT2D eigenvalue weighted by Crippen LogP contribution is -2.04. The number of carboxylic acid groups (broad SMARTS) is 1. The SMILES string of the molecule is Cc1cccc2c1cc(-c1cc(C(=O)O)n(C)n1)n2C. The zero-order valence-corrected chi connectivity index (χ0v) is 11.6. The van der Waals surface area contributed by atoms with Crippen molar-refractivity contribution in [1.29, 1.82) is 0 Å². The van der Waals surface area contributed by atoms with Crippen LogP contribution in [0.2, 0.25) is 0 Å². The number of aromatic carboxylic acids is 1. The van der Waals surface area contributed by atoms with Gasteiger partial charge in [-0.2, -0.15) is 5.10 Å². The number of aromatic nitrogens is 3. The van der Waals surface area contributed by atoms with Crippen molar-refractivity contribution >= 4 is 16.9 Å². The molecule has 20 heavy (non-hydrogen) atoms. The van der Waals surface area contributed by atoms with Gasteiger partial charge >= 0.3 is 5.97 Å². The summed E-state index contributed by atoms with van der Waals surface area (Å²) < 4.78 is 3.43. The van der Waals surface area contributed by atoms with Gasteiger partial charge < -0.3 is 9.67 Å². The van der Waals surface area contributed by atoms with Gasteiger partial charge in [0.25, 0.3) is 0 Å². The van der Waals surface area contributed by atoms with Gasteiger partial charge in [0.15, 0.2) is 0 Å². The Morgan fingerprint density at radius 1 is 1.25 bits per heavy atom. The van der Waals surface area contributed by atoms with E-state index in [1.165, 1.54) is 10.2 Å². The number of hydrogen-bond acceptors (Lipinski definition) is 2. The van der Waals surface area contributed by atoms with Gasteiger partial charge in [-0.3, -0.25) is 4.68 Å². The van der Waals surface area contributed by atoms with Crippen molar-refractivity contribution in [1.82, 2.24) is 14.3 Å². The van der Waals surface area contributed by atoms with Crippen molar-refractivity contribution in [2.75, 3.05) is 0 Å². The first-order chi connectivity index (χ1) is 9.49. The fourth-order valence-corrected chi connectivity index (χ4v) is 2.55. The topological polar surface area (TPSA) is 60.0 Å². The van der Waals surface area contributed by atoms with E-state index in [1.807, 2.05) is 23.7 Å². The summed E-state index contributed by atoms with van der Waals surface area (Å²) in [5.41, 5.74) is 4.07. The number of carboxylic acids is 1. The van der Waals surface area contributed by atoms with Crippen LogP contribution in [0.25, 0.3) is 22.3 Å². The molecule has 0 aliphatic heterocycles. The molecule has 0 radical (unpaired) electrons. The molecule has 0 spiro atoms. The van der Waals surface area contributed by atoms with Crippen LogP contribution in [0.1, 0.15) is 16.1 Å². The summed E-state index contributed by atoms with van der Waals surface area (Å²) in [7, 11) is 3.60. The van der Waals surface area contributed by atoms with Crippen LogP contribution in [0, 0.1) is 6.92 Å². The maximum atomic E-state index is 11.1. The van der Waals surface area contributed by atoms with E-state index >= 15 is 0 Å². The van der Waals surface area contributed by atoms with Crippen molar-refractivity contribution in [3.05, 3.63) is 41.6 Å². The molecule has 1 aromatic carbocycles. The maximum absolute atomic E-state index is 11.1. The van der Waals surface area contributed by atoms with Crippen LogP contribution in [0.3, 0.4) is 0 Å². The van der Waals surface area contributed by atoms with E-state index in [4.69, 9.17) is 5.11 Å². The third kappa shape index (κ3) is 1.71. The van der Waals surface area contributed by atoms with Crippen LogP contribution >= 0.6 is 0 Å². The third-order valence-corrected chi connectivity index (χ3v) is 3.67. The van der Waals surface area contributed by atoms with Crippen LogP contribution < -0.4 is 0 Å². The predicted octanol–water partition coefficient (Wildman–Crippen LogP) is 2.59. The van der Waals surface area contributed by atoms with Crippen molar-refractivity contribution in [2.45, 2.75) is 6.92 Å². The Morgan fingerprint density at radius 2 is 2.00 bits per heavy atom. The van der Waals surface area contributed by atoms with Crippen molar-refractivity contribution in [2.24, 2.45) is 14.1 Å². The molecule has 0 amide bonds. The lowest BCUT2D eigenvalue weighted by atomic mass is 10.1. The van der Waals surface area contributed by atoms with E-state index in [0.717, 1.165) is 16.6 Å². The summed E-state index contributed by atoms with van der Waals surface area (Å²) in [6.45, 7) is 2.06. The average Bonchev–Trinajstić information content (AvgIpc) is 2.92. The first-order valence-corrected chi connectivity index (χ1v) is 6.32. The molecule has 0 aliphatic rings. The van der Waals surface area contributed by atoms with Gasteiger partial charge in [-0.15, -0.1) is 0 Å². The number of hydrogen-bond donors (Lipinski definition) is 1. The molecular formula is C15H15N3O2. The molecule has 5 nitrogen and oxygen atoms in total. The van der Waals surface area contributed by atoms with Crippen LogP contribution in [0.4, 0.5) is 0 Å². The van der Waals surface area contributed by atoms with E-state index in [0.29, 0.717) is 5.69 Å². The molecule has 0 unspecified atom stereocenters. The maximum Gasteiger partial charge on any atom is 0.354 e. The van der Waals surface area contributed by atoms with E-state index in [-0.39, 0.29) is 5.69 Å². The zero-order chi connectivity index (χ0) is 14.4. The molecule has 102 valence electrons. The molecule has 3 rings (SSSR count). The van der Waals surface area contributed by atoms with Crippen molar-refractivity contribution < 1.29 is 9.90 Å². The fourth-order valence-electron chi connectivity index (χ4n) is 2.55. The number of benzene rings is 1. The summed E-state index contributed by atoms with van der Waals surface area (Å²) >= 11 is 0. The molecule has 0 atom stereocenters. The second-order valence-electron chi connectivity index (χ2n) is 4.94. The molecule has 0 saturated carbocycles. The van der Waals surface area contributed by atoms with Gasteiger partial charge in [-0.25, -0.2) is 4.79 Å². The van der Waals surface area contributed by atoms with Gasteiger partial charge in [-0.1, -0.05) is 12.1 Å². The van der Waals surface area contributed by atoms with Gasteiger partial charge in [-0.05, 0) is 24.6 Å². The molecule has 0 aliphatic carbocycles. The second kappa shape index (κ2) is 4.23. The van der Waals surface area contributed by atoms with Crippen LogP contribution in [0.5, 0.6) is 0 Å². The highest BCUT2D eigenvalue weighted by molar-refractivity contribution is 5.91. The number of rotatable bonds is 2. The van der Waals surface area contributed by atoms with Gasteiger partial charge in [0.2, 0.25) is 0 Å². The fraction of sp³-hybridized carbons (Fsp3) is 0.200. The van der Waals surface area contributed by atoms with Crippen molar-refractivity contribution in [3.63, 3.8) is 0 Å². The van der Waals surface area contributed by atoms with Crippen LogP contribution in [0.15, 0.2) is 30.3 Å². The number of nitrogens with zero attached hydrogens (tertiary/aromatic N) is 3. The van der Waals surface area contributed by atoms with Gasteiger partial charge in [0.05, 0.1) is 5.69 Å². The highest BCUT2D eigenvalue weighted by atomic mass is 16.4. The molecule has 0 bridgehead atoms. The molecular weight excluding hydrogens is 254 g/mol. The van der Waals surface area contributed by atoms with Crippen LogP contribution in [-0.4, -0.2) is 25.4 Å². The Hall–Kier alpha value is -2.56. The Kier molecular flexibility index (Phi) is 2.64. The molecule has 2 aromatic heterocycles. The van der Waals surface area contributed by atoms with E-state index in [1.54, 1.807) is 13.1 Å². The van der Waals surface area contributed by atoms with E-state index in [2.05, 4.69) is 24.2 Å². The monoisotopic (exact) mass is 269 g/mol. The second-order valence-corrected chi connectivity index (χ2v) is 4.94. The summed E-state index contributed by atoms with van der Waals surface area (Å²) in [5.74, 6) is -0.971. The number of aryl methyl sites for hydroxylation is 3. The van der Waals surface area contributed by atoms with E-state index in [9.17, 15) is 4.79 Å². The molecule has 3 aromatic rings. The summed E-state index contributed by atoms with van der Waals surface area (Å²) in [6, 6.07) is 9.78. The highest BCUT2D eigenvalue weighted by Crippen LogP contribution is 2.28. The molecule has 0 saturated heterocycles. The molecule has 1 N–H and O–H groups in total. The standard InChI is InChI=1S/C15H15N3O2/c1-9-5-4-6-12-10(9)7-13(17(12)2)11-8-14(15(19)20)18(3)16-11/h4-8H,1-3H3,(H,19,20). The lowest BCUT2D eigenvalue weighted by molar-refractivity contribution is 0.0685. The summed E-state index contributed by atoms with van der Waals surface area (Å²) in [5, 5.41) is 14.6. The quantitative estimate of drug-likeness (QED) is 0.778. The first kappa shape index (κ1) is 12.5.